The van der Waals surface area contributed by atoms with E-state index in [-0.39, 0.29) is 47.7 Å². The molecule has 1 aromatic carbocycles. The Bertz CT molecular complexity index is 1200. The van der Waals surface area contributed by atoms with E-state index < -0.39 is 24.2 Å². The molecule has 0 saturated carbocycles. The Labute approximate surface area is 270 Å². The highest BCUT2D eigenvalue weighted by Crippen LogP contribution is 2.26. The fraction of sp³-hybridized carbons (Fsp3) is 0.667. The average Bonchev–Trinajstić information content (AvgIpc) is 3.51. The molecule has 1 N–H and O–H groups in total. The minimum Gasteiger partial charge on any atom is -0.456 e. The molecule has 9 nitrogen and oxygen atoms in total. The minimum absolute atomic E-state index is 0.00560. The fourth-order valence-electron chi connectivity index (χ4n) is 6.59. The zero-order valence-corrected chi connectivity index (χ0v) is 28.9. The summed E-state index contributed by atoms with van der Waals surface area (Å²) in [5, 5.41) is 3.09. The molecule has 2 fully saturated rings. The van der Waals surface area contributed by atoms with Crippen LogP contribution >= 0.6 is 0 Å². The third kappa shape index (κ3) is 9.18. The van der Waals surface area contributed by atoms with E-state index in [9.17, 15) is 19.2 Å². The normalized spacial score (nSPS) is 21.5. The minimum atomic E-state index is -0.687. The topological polar surface area (TPSA) is 99.3 Å². The molecule has 0 aliphatic carbocycles. The van der Waals surface area contributed by atoms with Gasteiger partial charge < -0.3 is 19.9 Å². The summed E-state index contributed by atoms with van der Waals surface area (Å²) >= 11 is 0. The summed E-state index contributed by atoms with van der Waals surface area (Å²) in [5.74, 6) is -1.02. The van der Waals surface area contributed by atoms with Crippen LogP contribution in [0, 0.1) is 11.8 Å². The van der Waals surface area contributed by atoms with Crippen molar-refractivity contribution in [2.75, 3.05) is 20.1 Å². The fourth-order valence-corrected chi connectivity index (χ4v) is 6.59. The molecule has 2 aliphatic heterocycles. The van der Waals surface area contributed by atoms with Gasteiger partial charge in [0.15, 0.2) is 0 Å². The van der Waals surface area contributed by atoms with Crippen molar-refractivity contribution in [3.63, 3.8) is 0 Å². The smallest absolute Gasteiger partial charge is 0.329 e. The van der Waals surface area contributed by atoms with Gasteiger partial charge in [-0.3, -0.25) is 19.3 Å². The standard InChI is InChI=1S/C36H56N4O5/c1-23(2)31(38(9)35(43)32(24(3)4)37-33(41)29-18-13-14-20-39(29)25(5)6)22-26(7)34(42)40-21-15-19-30(40)36(44)45-27(8)28-16-11-10-12-17-28/h10-12,16-17,22-25,27,29-32H,13-15,18-21H2,1-9H3,(H,37,41)/t27-,29?,30-,31+,32-/m0/s1. The van der Waals surface area contributed by atoms with Gasteiger partial charge in [0, 0.05) is 25.2 Å². The molecule has 3 rings (SSSR count). The first kappa shape index (κ1) is 36.3. The maximum absolute atomic E-state index is 13.9. The molecule has 1 unspecified atom stereocenters. The molecule has 3 amide bonds. The predicted octanol–water partition coefficient (Wildman–Crippen LogP) is 5.11. The van der Waals surface area contributed by atoms with Gasteiger partial charge in [-0.1, -0.05) is 70.5 Å². The van der Waals surface area contributed by atoms with Crippen LogP contribution in [-0.4, -0.2) is 88.7 Å². The number of likely N-dealkylation sites (tertiary alicyclic amines) is 2. The third-order valence-electron chi connectivity index (χ3n) is 9.32. The molecule has 0 spiro atoms. The highest BCUT2D eigenvalue weighted by atomic mass is 16.5. The van der Waals surface area contributed by atoms with E-state index in [0.29, 0.717) is 18.5 Å². The number of nitrogens with zero attached hydrogens (tertiary/aromatic N) is 3. The summed E-state index contributed by atoms with van der Waals surface area (Å²) in [5.41, 5.74) is 1.38. The zero-order chi connectivity index (χ0) is 33.4. The molecule has 0 radical (unpaired) electrons. The number of piperidine rings is 1. The lowest BCUT2D eigenvalue weighted by Gasteiger charge is -2.39. The van der Waals surface area contributed by atoms with Gasteiger partial charge in [0.2, 0.25) is 17.7 Å². The van der Waals surface area contributed by atoms with Crippen LogP contribution in [0.4, 0.5) is 0 Å². The number of ether oxygens (including phenoxy) is 1. The van der Waals surface area contributed by atoms with Gasteiger partial charge in [-0.2, -0.15) is 0 Å². The van der Waals surface area contributed by atoms with E-state index >= 15 is 0 Å². The van der Waals surface area contributed by atoms with Gasteiger partial charge in [0.05, 0.1) is 12.1 Å². The molecule has 0 aromatic heterocycles. The summed E-state index contributed by atoms with van der Waals surface area (Å²) in [7, 11) is 1.74. The van der Waals surface area contributed by atoms with Crippen molar-refractivity contribution in [1.29, 1.82) is 0 Å². The number of carbonyl (C=O) groups excluding carboxylic acids is 4. The van der Waals surface area contributed by atoms with E-state index in [1.54, 1.807) is 23.8 Å². The number of carbonyl (C=O) groups is 4. The Hall–Kier alpha value is -3.20. The number of hydrogen-bond donors (Lipinski definition) is 1. The lowest BCUT2D eigenvalue weighted by molar-refractivity contribution is -0.156. The number of likely N-dealkylation sites (N-methyl/N-ethyl adjacent to an activating group) is 1. The number of esters is 1. The van der Waals surface area contributed by atoms with Crippen molar-refractivity contribution in [3.8, 4) is 0 Å². The second-order valence-corrected chi connectivity index (χ2v) is 13.8. The van der Waals surface area contributed by atoms with Crippen LogP contribution in [0.15, 0.2) is 42.0 Å². The number of nitrogens with one attached hydrogen (secondary N) is 1. The van der Waals surface area contributed by atoms with Crippen molar-refractivity contribution < 1.29 is 23.9 Å². The second kappa shape index (κ2) is 16.4. The highest BCUT2D eigenvalue weighted by Gasteiger charge is 2.38. The van der Waals surface area contributed by atoms with Gasteiger partial charge in [-0.25, -0.2) is 4.79 Å². The van der Waals surface area contributed by atoms with E-state index in [2.05, 4.69) is 24.1 Å². The Balaban J connectivity index is 1.73. The van der Waals surface area contributed by atoms with Crippen LogP contribution in [0.1, 0.15) is 99.2 Å². The molecule has 1 aromatic rings. The average molecular weight is 625 g/mol. The number of benzene rings is 1. The van der Waals surface area contributed by atoms with Gasteiger partial charge in [0.25, 0.3) is 0 Å². The van der Waals surface area contributed by atoms with Crippen LogP contribution in [0.5, 0.6) is 0 Å². The first-order valence-electron chi connectivity index (χ1n) is 16.8. The van der Waals surface area contributed by atoms with E-state index in [1.807, 2.05) is 71.0 Å². The van der Waals surface area contributed by atoms with E-state index in [0.717, 1.165) is 37.8 Å². The summed E-state index contributed by atoms with van der Waals surface area (Å²) in [6.07, 6.45) is 5.54. The van der Waals surface area contributed by atoms with E-state index in [1.165, 1.54) is 0 Å². The van der Waals surface area contributed by atoms with Crippen molar-refractivity contribution >= 4 is 23.7 Å². The van der Waals surface area contributed by atoms with Crippen LogP contribution in [-0.2, 0) is 23.9 Å². The summed E-state index contributed by atoms with van der Waals surface area (Å²) in [4.78, 5) is 59.8. The van der Waals surface area contributed by atoms with Crippen molar-refractivity contribution in [2.24, 2.45) is 11.8 Å². The molecule has 2 saturated heterocycles. The monoisotopic (exact) mass is 624 g/mol. The molecular formula is C36H56N4O5. The Morgan fingerprint density at radius 2 is 1.53 bits per heavy atom. The zero-order valence-electron chi connectivity index (χ0n) is 28.9. The Morgan fingerprint density at radius 1 is 0.889 bits per heavy atom. The summed E-state index contributed by atoms with van der Waals surface area (Å²) in [6, 6.07) is 7.84. The van der Waals surface area contributed by atoms with Crippen molar-refractivity contribution in [2.45, 2.75) is 124 Å². The summed E-state index contributed by atoms with van der Waals surface area (Å²) in [6.45, 7) is 17.0. The van der Waals surface area contributed by atoms with Crippen LogP contribution in [0.3, 0.4) is 0 Å². The number of hydrogen-bond acceptors (Lipinski definition) is 6. The van der Waals surface area contributed by atoms with Crippen LogP contribution in [0.25, 0.3) is 0 Å². The van der Waals surface area contributed by atoms with Crippen molar-refractivity contribution in [3.05, 3.63) is 47.5 Å². The first-order chi connectivity index (χ1) is 21.2. The predicted molar refractivity (Wildman–Crippen MR) is 177 cm³/mol. The van der Waals surface area contributed by atoms with Gasteiger partial charge in [-0.15, -0.1) is 0 Å². The first-order valence-corrected chi connectivity index (χ1v) is 16.8. The second-order valence-electron chi connectivity index (χ2n) is 13.8. The molecule has 5 atom stereocenters. The van der Waals surface area contributed by atoms with Crippen LogP contribution in [0.2, 0.25) is 0 Å². The van der Waals surface area contributed by atoms with Crippen molar-refractivity contribution in [1.82, 2.24) is 20.0 Å². The van der Waals surface area contributed by atoms with Crippen LogP contribution < -0.4 is 5.32 Å². The van der Waals surface area contributed by atoms with Gasteiger partial charge in [-0.05, 0) is 77.3 Å². The third-order valence-corrected chi connectivity index (χ3v) is 9.32. The summed E-state index contributed by atoms with van der Waals surface area (Å²) < 4.78 is 5.77. The lowest BCUT2D eigenvalue weighted by Crippen LogP contribution is -2.58. The highest BCUT2D eigenvalue weighted by molar-refractivity contribution is 5.96. The maximum Gasteiger partial charge on any atom is 0.329 e. The SMILES string of the molecule is CC(=C[C@H](C(C)C)N(C)C(=O)[C@@H](NC(=O)C1CCCCN1C(C)C)C(C)C)C(=O)N1CCC[C@H]1C(=O)O[C@@H](C)c1ccccc1. The molecule has 9 heteroatoms. The number of amides is 3. The molecule has 250 valence electrons. The molecular weight excluding hydrogens is 568 g/mol. The molecule has 0 bridgehead atoms. The maximum atomic E-state index is 13.9. The molecule has 45 heavy (non-hydrogen) atoms. The molecule has 2 heterocycles. The van der Waals surface area contributed by atoms with E-state index in [4.69, 9.17) is 4.74 Å². The van der Waals surface area contributed by atoms with Gasteiger partial charge >= 0.3 is 5.97 Å². The Kier molecular flexibility index (Phi) is 13.2. The van der Waals surface area contributed by atoms with Gasteiger partial charge in [0.1, 0.15) is 18.2 Å². The Morgan fingerprint density at radius 3 is 2.13 bits per heavy atom. The quantitative estimate of drug-likeness (QED) is 0.256. The lowest BCUT2D eigenvalue weighted by atomic mass is 9.95. The number of rotatable bonds is 12. The largest absolute Gasteiger partial charge is 0.456 e. The molecule has 2 aliphatic rings.